The number of amides is 2. The van der Waals surface area contributed by atoms with Crippen LogP contribution in [-0.2, 0) is 16.0 Å². The van der Waals surface area contributed by atoms with Crippen LogP contribution >= 0.6 is 0 Å². The topological polar surface area (TPSA) is 43.9 Å². The molecule has 2 amide bonds. The van der Waals surface area contributed by atoms with Crippen molar-refractivity contribution in [2.24, 2.45) is 23.2 Å². The van der Waals surface area contributed by atoms with Gasteiger partial charge < -0.3 is 9.80 Å². The molecule has 3 fully saturated rings. The van der Waals surface area contributed by atoms with E-state index in [9.17, 15) is 9.59 Å². The molecule has 1 aromatic rings. The predicted octanol–water partition coefficient (Wildman–Crippen LogP) is 4.77. The first kappa shape index (κ1) is 25.5. The Morgan fingerprint density at radius 2 is 1.72 bits per heavy atom. The van der Waals surface area contributed by atoms with E-state index in [1.54, 1.807) is 0 Å². The summed E-state index contributed by atoms with van der Waals surface area (Å²) in [4.78, 5) is 33.1. The first-order chi connectivity index (χ1) is 17.4. The van der Waals surface area contributed by atoms with Gasteiger partial charge in [-0.05, 0) is 48.5 Å². The highest BCUT2D eigenvalue weighted by atomic mass is 16.2. The van der Waals surface area contributed by atoms with Gasteiger partial charge in [0.1, 0.15) is 0 Å². The van der Waals surface area contributed by atoms with Crippen LogP contribution in [0.25, 0.3) is 0 Å². The van der Waals surface area contributed by atoms with E-state index in [-0.39, 0.29) is 11.8 Å². The van der Waals surface area contributed by atoms with Gasteiger partial charge in [-0.15, -0.1) is 0 Å². The van der Waals surface area contributed by atoms with E-state index in [0.717, 1.165) is 76.6 Å². The Kier molecular flexibility index (Phi) is 7.85. The van der Waals surface area contributed by atoms with Crippen LogP contribution in [0.2, 0.25) is 0 Å². The third-order valence-electron chi connectivity index (χ3n) is 9.83. The zero-order chi connectivity index (χ0) is 25.1. The fourth-order valence-corrected chi connectivity index (χ4v) is 7.11. The molecule has 2 bridgehead atoms. The van der Waals surface area contributed by atoms with Gasteiger partial charge >= 0.3 is 0 Å². The van der Waals surface area contributed by atoms with E-state index in [1.165, 1.54) is 31.3 Å². The molecule has 5 heteroatoms. The standard InChI is InChI=1S/C31H45N3O2/c1-31(2)27-14-13-26(28(31)22-27)23-34(29(35)21-24-9-5-3-6-10-24)20-17-32-15-18-33(19-16-32)30(36)25-11-7-4-8-12-25/h3,5-6,9-10,13,25,27-28H,4,7-8,11-12,14-23H2,1-2H3. The van der Waals surface area contributed by atoms with Crippen molar-refractivity contribution in [1.82, 2.24) is 14.7 Å². The van der Waals surface area contributed by atoms with E-state index >= 15 is 0 Å². The highest BCUT2D eigenvalue weighted by Crippen LogP contribution is 2.59. The number of carbonyl (C=O) groups is 2. The highest BCUT2D eigenvalue weighted by Gasteiger charge is 2.51. The molecule has 0 aromatic heterocycles. The normalized spacial score (nSPS) is 26.2. The molecule has 6 rings (SSSR count). The van der Waals surface area contributed by atoms with E-state index < -0.39 is 0 Å². The average molecular weight is 492 g/mol. The fourth-order valence-electron chi connectivity index (χ4n) is 7.11. The Hall–Kier alpha value is -2.14. The molecule has 1 aromatic carbocycles. The van der Waals surface area contributed by atoms with Crippen LogP contribution in [0.3, 0.4) is 0 Å². The van der Waals surface area contributed by atoms with Gasteiger partial charge in [-0.25, -0.2) is 0 Å². The van der Waals surface area contributed by atoms with Crippen LogP contribution in [0.4, 0.5) is 0 Å². The summed E-state index contributed by atoms with van der Waals surface area (Å²) in [6.07, 6.45) is 11.2. The Morgan fingerprint density at radius 3 is 2.39 bits per heavy atom. The molecule has 5 nitrogen and oxygen atoms in total. The van der Waals surface area contributed by atoms with Crippen molar-refractivity contribution in [2.75, 3.05) is 45.8 Å². The lowest BCUT2D eigenvalue weighted by atomic mass is 9.49. The molecular weight excluding hydrogens is 446 g/mol. The minimum atomic E-state index is 0.229. The molecule has 5 aliphatic rings. The lowest BCUT2D eigenvalue weighted by Crippen LogP contribution is -2.53. The van der Waals surface area contributed by atoms with E-state index in [0.29, 0.717) is 23.7 Å². The molecule has 1 heterocycles. The SMILES string of the molecule is CC1(C)C2CC=C(CN(CCN3CCN(C(=O)C4CCCCC4)CC3)C(=O)Cc3ccccc3)C1C2. The van der Waals surface area contributed by atoms with E-state index in [2.05, 4.69) is 46.8 Å². The second kappa shape index (κ2) is 11.1. The van der Waals surface area contributed by atoms with Gasteiger partial charge in [-0.2, -0.15) is 0 Å². The smallest absolute Gasteiger partial charge is 0.227 e. The van der Waals surface area contributed by atoms with Gasteiger partial charge in [-0.1, -0.05) is 75.1 Å². The molecule has 0 spiro atoms. The van der Waals surface area contributed by atoms with Crippen molar-refractivity contribution >= 4 is 11.8 Å². The van der Waals surface area contributed by atoms with E-state index in [1.807, 2.05) is 18.2 Å². The van der Waals surface area contributed by atoms with Crippen LogP contribution in [0.5, 0.6) is 0 Å². The molecule has 2 saturated carbocycles. The van der Waals surface area contributed by atoms with Crippen LogP contribution in [-0.4, -0.2) is 72.3 Å². The van der Waals surface area contributed by atoms with Crippen LogP contribution in [0.15, 0.2) is 42.0 Å². The third kappa shape index (κ3) is 5.56. The van der Waals surface area contributed by atoms with Crippen molar-refractivity contribution in [3.63, 3.8) is 0 Å². The summed E-state index contributed by atoms with van der Waals surface area (Å²) >= 11 is 0. The third-order valence-corrected chi connectivity index (χ3v) is 9.83. The summed E-state index contributed by atoms with van der Waals surface area (Å²) in [7, 11) is 0. The lowest BCUT2D eigenvalue weighted by Gasteiger charge is -2.57. The second-order valence-corrected chi connectivity index (χ2v) is 12.3. The monoisotopic (exact) mass is 491 g/mol. The summed E-state index contributed by atoms with van der Waals surface area (Å²) < 4.78 is 0. The Bertz CT molecular complexity index is 942. The first-order valence-electron chi connectivity index (χ1n) is 14.4. The summed E-state index contributed by atoms with van der Waals surface area (Å²) in [6.45, 7) is 10.7. The maximum absolute atomic E-state index is 13.5. The van der Waals surface area contributed by atoms with Gasteiger partial charge in [0.25, 0.3) is 0 Å². The minimum Gasteiger partial charge on any atom is -0.340 e. The van der Waals surface area contributed by atoms with Crippen molar-refractivity contribution in [2.45, 2.75) is 65.2 Å². The zero-order valence-electron chi connectivity index (χ0n) is 22.5. The first-order valence-corrected chi connectivity index (χ1v) is 14.4. The van der Waals surface area contributed by atoms with Crippen molar-refractivity contribution in [3.05, 3.63) is 47.5 Å². The molecule has 0 radical (unpaired) electrons. The molecule has 1 saturated heterocycles. The number of nitrogens with zero attached hydrogens (tertiary/aromatic N) is 3. The number of rotatable bonds is 8. The number of benzene rings is 1. The molecule has 1 aliphatic heterocycles. The maximum atomic E-state index is 13.5. The Morgan fingerprint density at radius 1 is 1.00 bits per heavy atom. The fraction of sp³-hybridized carbons (Fsp3) is 0.677. The predicted molar refractivity (Wildman–Crippen MR) is 144 cm³/mol. The number of piperazine rings is 1. The van der Waals surface area contributed by atoms with Crippen LogP contribution < -0.4 is 0 Å². The number of hydrogen-bond acceptors (Lipinski definition) is 3. The van der Waals surface area contributed by atoms with Gasteiger partial charge in [0.05, 0.1) is 6.42 Å². The zero-order valence-corrected chi connectivity index (χ0v) is 22.5. The quantitative estimate of drug-likeness (QED) is 0.492. The van der Waals surface area contributed by atoms with Gasteiger partial charge in [-0.3, -0.25) is 14.5 Å². The molecule has 2 unspecified atom stereocenters. The molecular formula is C31H45N3O2. The molecule has 0 N–H and O–H groups in total. The molecule has 196 valence electrons. The van der Waals surface area contributed by atoms with Gasteiger partial charge in [0.15, 0.2) is 0 Å². The molecule has 36 heavy (non-hydrogen) atoms. The average Bonchev–Trinajstić information content (AvgIpc) is 2.92. The molecule has 2 atom stereocenters. The van der Waals surface area contributed by atoms with Crippen molar-refractivity contribution in [1.29, 1.82) is 0 Å². The van der Waals surface area contributed by atoms with Crippen LogP contribution in [0, 0.1) is 23.2 Å². The van der Waals surface area contributed by atoms with Crippen molar-refractivity contribution in [3.8, 4) is 0 Å². The summed E-state index contributed by atoms with van der Waals surface area (Å²) in [5.41, 5.74) is 2.94. The van der Waals surface area contributed by atoms with Crippen LogP contribution in [0.1, 0.15) is 64.4 Å². The Labute approximate surface area is 217 Å². The van der Waals surface area contributed by atoms with Gasteiger partial charge in [0.2, 0.25) is 11.8 Å². The largest absolute Gasteiger partial charge is 0.340 e. The number of allylic oxidation sites excluding steroid dienone is 1. The van der Waals surface area contributed by atoms with Crippen molar-refractivity contribution < 1.29 is 9.59 Å². The highest BCUT2D eigenvalue weighted by molar-refractivity contribution is 5.79. The lowest BCUT2D eigenvalue weighted by molar-refractivity contribution is -0.138. The van der Waals surface area contributed by atoms with Gasteiger partial charge in [0, 0.05) is 51.7 Å². The Balaban J connectivity index is 1.17. The summed E-state index contributed by atoms with van der Waals surface area (Å²) in [5, 5.41) is 0. The summed E-state index contributed by atoms with van der Waals surface area (Å²) in [5.74, 6) is 2.31. The number of fused-ring (bicyclic) bond motifs is 1. The maximum Gasteiger partial charge on any atom is 0.227 e. The molecule has 4 aliphatic carbocycles. The number of hydrogen-bond donors (Lipinski definition) is 0. The summed E-state index contributed by atoms with van der Waals surface area (Å²) in [6, 6.07) is 10.1. The van der Waals surface area contributed by atoms with E-state index in [4.69, 9.17) is 0 Å². The second-order valence-electron chi connectivity index (χ2n) is 12.3. The minimum absolute atomic E-state index is 0.229. The number of carbonyl (C=O) groups excluding carboxylic acids is 2.